The lowest BCUT2D eigenvalue weighted by Crippen LogP contribution is -2.42. The summed E-state index contributed by atoms with van der Waals surface area (Å²) in [4.78, 5) is 38.0. The van der Waals surface area contributed by atoms with Crippen molar-refractivity contribution in [2.24, 2.45) is 5.41 Å². The third-order valence-electron chi connectivity index (χ3n) is 10.9. The summed E-state index contributed by atoms with van der Waals surface area (Å²) in [5, 5.41) is 10.5. The normalized spacial score (nSPS) is 11.6. The number of rotatable bonds is 43. The lowest BCUT2D eigenvalue weighted by Gasteiger charge is -2.30. The maximum Gasteiger partial charge on any atom is 0.305 e. The van der Waals surface area contributed by atoms with Gasteiger partial charge in [-0.25, -0.2) is 0 Å². The number of carbonyl (C=O) groups excluding carboxylic acids is 3. The Hall–Kier alpha value is -1.63. The van der Waals surface area contributed by atoms with Gasteiger partial charge in [0, 0.05) is 19.3 Å². The second kappa shape index (κ2) is 41.0. The molecule has 0 saturated carbocycles. The summed E-state index contributed by atoms with van der Waals surface area (Å²) in [6.07, 6.45) is 40.7. The van der Waals surface area contributed by atoms with Crippen LogP contribution in [-0.4, -0.2) is 49.4 Å². The summed E-state index contributed by atoms with van der Waals surface area (Å²) in [6, 6.07) is 0. The van der Waals surface area contributed by atoms with Gasteiger partial charge in [-0.05, 0) is 19.3 Å². The quantitative estimate of drug-likeness (QED) is 0.0375. The van der Waals surface area contributed by atoms with Crippen LogP contribution in [0.3, 0.4) is 0 Å². The van der Waals surface area contributed by atoms with Crippen molar-refractivity contribution < 1.29 is 33.7 Å². The Labute approximate surface area is 334 Å². The van der Waals surface area contributed by atoms with Gasteiger partial charge >= 0.3 is 17.9 Å². The highest BCUT2D eigenvalue weighted by Crippen LogP contribution is 2.22. The van der Waals surface area contributed by atoms with Crippen molar-refractivity contribution in [1.29, 1.82) is 0 Å². The Morgan fingerprint density at radius 1 is 0.333 bits per heavy atom. The van der Waals surface area contributed by atoms with Gasteiger partial charge in [0.15, 0.2) is 0 Å². The molecule has 0 bridgehead atoms. The number of aliphatic hydroxyl groups excluding tert-OH is 1. The van der Waals surface area contributed by atoms with Crippen LogP contribution >= 0.6 is 0 Å². The zero-order chi connectivity index (χ0) is 39.6. The molecule has 0 unspecified atom stereocenters. The molecule has 0 aromatic carbocycles. The molecule has 0 rings (SSSR count). The van der Waals surface area contributed by atoms with E-state index in [0.29, 0.717) is 19.3 Å². The zero-order valence-corrected chi connectivity index (χ0v) is 36.2. The lowest BCUT2D eigenvalue weighted by molar-refractivity contribution is -0.165. The predicted octanol–water partition coefficient (Wildman–Crippen LogP) is 13.7. The maximum absolute atomic E-state index is 12.7. The van der Waals surface area contributed by atoms with Gasteiger partial charge in [-0.1, -0.05) is 213 Å². The van der Waals surface area contributed by atoms with Crippen LogP contribution in [0.4, 0.5) is 0 Å². The summed E-state index contributed by atoms with van der Waals surface area (Å²) in [5.74, 6) is -0.991. The predicted molar refractivity (Wildman–Crippen MR) is 226 cm³/mol. The average molecular weight is 767 g/mol. The molecule has 0 amide bonds. The molecule has 0 atom stereocenters. The Morgan fingerprint density at radius 3 is 0.704 bits per heavy atom. The van der Waals surface area contributed by atoms with Gasteiger partial charge in [-0.15, -0.1) is 0 Å². The number of aliphatic hydroxyl groups is 1. The molecule has 320 valence electrons. The highest BCUT2D eigenvalue weighted by molar-refractivity contribution is 5.70. The van der Waals surface area contributed by atoms with E-state index in [4.69, 9.17) is 14.2 Å². The molecule has 0 aromatic rings. The number of unbranched alkanes of at least 4 members (excludes halogenated alkanes) is 30. The van der Waals surface area contributed by atoms with Crippen molar-refractivity contribution in [2.45, 2.75) is 252 Å². The van der Waals surface area contributed by atoms with E-state index >= 15 is 0 Å². The van der Waals surface area contributed by atoms with Crippen LogP contribution in [0, 0.1) is 5.41 Å². The minimum atomic E-state index is -1.17. The largest absolute Gasteiger partial charge is 0.465 e. The first-order valence-electron chi connectivity index (χ1n) is 23.5. The van der Waals surface area contributed by atoms with Crippen molar-refractivity contribution in [2.75, 3.05) is 26.4 Å². The second-order valence-electron chi connectivity index (χ2n) is 16.5. The Balaban J connectivity index is 4.60. The minimum Gasteiger partial charge on any atom is -0.465 e. The molecule has 0 aromatic heterocycles. The van der Waals surface area contributed by atoms with Crippen LogP contribution in [0.5, 0.6) is 0 Å². The van der Waals surface area contributed by atoms with Gasteiger partial charge < -0.3 is 19.3 Å². The Morgan fingerprint density at radius 2 is 0.519 bits per heavy atom. The number of hydrogen-bond donors (Lipinski definition) is 1. The fourth-order valence-electron chi connectivity index (χ4n) is 6.98. The smallest absolute Gasteiger partial charge is 0.305 e. The molecule has 0 aliphatic carbocycles. The van der Waals surface area contributed by atoms with Crippen molar-refractivity contribution in [1.82, 2.24) is 0 Å². The molecule has 0 aliphatic heterocycles. The van der Waals surface area contributed by atoms with Crippen molar-refractivity contribution >= 4 is 17.9 Å². The van der Waals surface area contributed by atoms with E-state index in [2.05, 4.69) is 20.8 Å². The molecular formula is C47H90O7. The van der Waals surface area contributed by atoms with Gasteiger partial charge in [0.2, 0.25) is 0 Å². The number of esters is 3. The van der Waals surface area contributed by atoms with Crippen LogP contribution in [0.15, 0.2) is 0 Å². The number of hydrogen-bond acceptors (Lipinski definition) is 7. The standard InChI is InChI=1S/C47H90O7/c1-4-7-10-13-16-19-22-25-28-31-34-37-44(49)52-41-47(40-48,42-53-45(50)38-35-32-29-26-23-20-17-14-11-8-5-2)43-54-46(51)39-36-33-30-27-24-21-18-15-12-9-6-3/h48H,4-43H2,1-3H3. The fraction of sp³-hybridized carbons (Fsp3) is 0.936. The van der Waals surface area contributed by atoms with E-state index in [0.717, 1.165) is 57.8 Å². The average Bonchev–Trinajstić information content (AvgIpc) is 3.18. The first-order valence-corrected chi connectivity index (χ1v) is 23.5. The molecule has 1 N–H and O–H groups in total. The minimum absolute atomic E-state index is 0.155. The van der Waals surface area contributed by atoms with E-state index in [-0.39, 0.29) is 37.7 Å². The molecule has 0 fully saturated rings. The molecule has 0 spiro atoms. The molecule has 7 heteroatoms. The lowest BCUT2D eigenvalue weighted by atomic mass is 9.92. The first kappa shape index (κ1) is 52.4. The van der Waals surface area contributed by atoms with Crippen LogP contribution < -0.4 is 0 Å². The monoisotopic (exact) mass is 767 g/mol. The van der Waals surface area contributed by atoms with Crippen molar-refractivity contribution in [3.63, 3.8) is 0 Å². The van der Waals surface area contributed by atoms with E-state index in [1.165, 1.54) is 154 Å². The summed E-state index contributed by atoms with van der Waals surface area (Å²) < 4.78 is 16.9. The molecule has 7 nitrogen and oxygen atoms in total. The van der Waals surface area contributed by atoms with E-state index < -0.39 is 12.0 Å². The SMILES string of the molecule is CCCCCCCCCCCCCC(=O)OCC(CO)(COC(=O)CCCCCCCCCCCCC)COC(=O)CCCCCCCCCCCCC. The molecule has 54 heavy (non-hydrogen) atoms. The summed E-state index contributed by atoms with van der Waals surface area (Å²) >= 11 is 0. The third kappa shape index (κ3) is 36.0. The van der Waals surface area contributed by atoms with Crippen LogP contribution in [0.25, 0.3) is 0 Å². The molecule has 0 saturated heterocycles. The molecule has 0 radical (unpaired) electrons. The second-order valence-corrected chi connectivity index (χ2v) is 16.5. The summed E-state index contributed by atoms with van der Waals surface area (Å²) in [6.45, 7) is 5.85. The first-order chi connectivity index (χ1) is 26.4. The van der Waals surface area contributed by atoms with E-state index in [1.807, 2.05) is 0 Å². The highest BCUT2D eigenvalue weighted by atomic mass is 16.6. The molecular weight excluding hydrogens is 677 g/mol. The van der Waals surface area contributed by atoms with E-state index in [1.54, 1.807) is 0 Å². The fourth-order valence-corrected chi connectivity index (χ4v) is 6.98. The molecule has 0 heterocycles. The van der Waals surface area contributed by atoms with Gasteiger partial charge in [-0.3, -0.25) is 14.4 Å². The Kier molecular flexibility index (Phi) is 39.8. The topological polar surface area (TPSA) is 99.1 Å². The third-order valence-corrected chi connectivity index (χ3v) is 10.9. The number of ether oxygens (including phenoxy) is 3. The maximum atomic E-state index is 12.7. The van der Waals surface area contributed by atoms with Crippen LogP contribution in [0.2, 0.25) is 0 Å². The number of carbonyl (C=O) groups is 3. The van der Waals surface area contributed by atoms with Gasteiger partial charge in [0.25, 0.3) is 0 Å². The van der Waals surface area contributed by atoms with Gasteiger partial charge in [0.05, 0.1) is 12.0 Å². The zero-order valence-electron chi connectivity index (χ0n) is 36.2. The van der Waals surface area contributed by atoms with Gasteiger partial charge in [-0.2, -0.15) is 0 Å². The van der Waals surface area contributed by atoms with Crippen LogP contribution in [-0.2, 0) is 28.6 Å². The summed E-state index contributed by atoms with van der Waals surface area (Å²) in [5.41, 5.74) is -1.17. The molecule has 0 aliphatic rings. The van der Waals surface area contributed by atoms with Crippen molar-refractivity contribution in [3.05, 3.63) is 0 Å². The Bertz CT molecular complexity index is 726. The van der Waals surface area contributed by atoms with E-state index in [9.17, 15) is 19.5 Å². The highest BCUT2D eigenvalue weighted by Gasteiger charge is 2.35. The van der Waals surface area contributed by atoms with Gasteiger partial charge in [0.1, 0.15) is 19.8 Å². The summed E-state index contributed by atoms with van der Waals surface area (Å²) in [7, 11) is 0. The van der Waals surface area contributed by atoms with Crippen molar-refractivity contribution in [3.8, 4) is 0 Å². The van der Waals surface area contributed by atoms with Crippen LogP contribution in [0.1, 0.15) is 252 Å².